The Morgan fingerprint density at radius 3 is 2.35 bits per heavy atom. The van der Waals surface area contributed by atoms with E-state index in [-0.39, 0.29) is 6.03 Å². The van der Waals surface area contributed by atoms with Crippen LogP contribution in [0.15, 0.2) is 12.2 Å². The highest BCUT2D eigenvalue weighted by atomic mass is 16.4. The number of rotatable bonds is 7. The van der Waals surface area contributed by atoms with Gasteiger partial charge in [-0.05, 0) is 20.3 Å². The summed E-state index contributed by atoms with van der Waals surface area (Å²) in [6.07, 6.45) is 1.15. The van der Waals surface area contributed by atoms with Crippen LogP contribution in [0.4, 0.5) is 4.79 Å². The molecule has 17 heavy (non-hydrogen) atoms. The quantitative estimate of drug-likeness (QED) is 0.669. The summed E-state index contributed by atoms with van der Waals surface area (Å²) >= 11 is 0. The van der Waals surface area contributed by atoms with Crippen molar-refractivity contribution in [2.75, 3.05) is 13.1 Å². The van der Waals surface area contributed by atoms with Crippen LogP contribution in [0.25, 0.3) is 0 Å². The second-order valence-corrected chi connectivity index (χ2v) is 4.10. The van der Waals surface area contributed by atoms with E-state index < -0.39 is 12.0 Å². The first kappa shape index (κ1) is 15.5. The lowest BCUT2D eigenvalue weighted by atomic mass is 10.2. The first-order valence-corrected chi connectivity index (χ1v) is 5.84. The molecule has 2 N–H and O–H groups in total. The molecule has 0 aliphatic rings. The molecule has 0 aromatic carbocycles. The van der Waals surface area contributed by atoms with Crippen LogP contribution in [0.3, 0.4) is 0 Å². The summed E-state index contributed by atoms with van der Waals surface area (Å²) in [7, 11) is 0. The number of amides is 2. The van der Waals surface area contributed by atoms with Crippen LogP contribution in [-0.2, 0) is 4.79 Å². The number of carbonyl (C=O) groups excluding carboxylic acids is 1. The minimum absolute atomic E-state index is 0.351. The highest BCUT2D eigenvalue weighted by molar-refractivity contribution is 5.82. The summed E-state index contributed by atoms with van der Waals surface area (Å²) in [5.74, 6) is -0.994. The fraction of sp³-hybridized carbons (Fsp3) is 0.667. The molecule has 0 bridgehead atoms. The zero-order valence-corrected chi connectivity index (χ0v) is 10.8. The monoisotopic (exact) mass is 242 g/mol. The van der Waals surface area contributed by atoms with Gasteiger partial charge in [-0.25, -0.2) is 9.59 Å². The van der Waals surface area contributed by atoms with Crippen molar-refractivity contribution >= 4 is 12.0 Å². The lowest BCUT2D eigenvalue weighted by Gasteiger charge is -2.23. The Morgan fingerprint density at radius 2 is 2.00 bits per heavy atom. The summed E-state index contributed by atoms with van der Waals surface area (Å²) in [4.78, 5) is 24.3. The Kier molecular flexibility index (Phi) is 7.02. The number of hydrogen-bond donors (Lipinski definition) is 2. The third-order valence-corrected chi connectivity index (χ3v) is 2.30. The first-order valence-electron chi connectivity index (χ1n) is 5.84. The van der Waals surface area contributed by atoms with Crippen molar-refractivity contribution in [2.45, 2.75) is 39.7 Å². The smallest absolute Gasteiger partial charge is 0.326 e. The van der Waals surface area contributed by atoms with Crippen molar-refractivity contribution in [1.29, 1.82) is 0 Å². The summed E-state index contributed by atoms with van der Waals surface area (Å²) in [5.41, 5.74) is 0.865. The first-order chi connectivity index (χ1) is 7.92. The number of carboxylic acid groups (broad SMARTS) is 1. The molecule has 0 heterocycles. The van der Waals surface area contributed by atoms with E-state index in [1.807, 2.05) is 20.8 Å². The van der Waals surface area contributed by atoms with E-state index in [1.165, 1.54) is 4.90 Å². The number of carboxylic acids is 1. The SMILES string of the molecule is C=C(C)CN(CC)C(=O)NC(CCC)C(=O)O. The summed E-state index contributed by atoms with van der Waals surface area (Å²) < 4.78 is 0. The van der Waals surface area contributed by atoms with Crippen LogP contribution >= 0.6 is 0 Å². The minimum Gasteiger partial charge on any atom is -0.480 e. The molecule has 0 fully saturated rings. The average molecular weight is 242 g/mol. The minimum atomic E-state index is -0.994. The molecule has 1 unspecified atom stereocenters. The Morgan fingerprint density at radius 1 is 1.41 bits per heavy atom. The van der Waals surface area contributed by atoms with Gasteiger partial charge in [0, 0.05) is 13.1 Å². The van der Waals surface area contributed by atoms with E-state index >= 15 is 0 Å². The van der Waals surface area contributed by atoms with Crippen LogP contribution in [0.5, 0.6) is 0 Å². The molecule has 0 saturated carbocycles. The Labute approximate surface area is 102 Å². The van der Waals surface area contributed by atoms with Crippen molar-refractivity contribution in [2.24, 2.45) is 0 Å². The second kappa shape index (κ2) is 7.70. The Balaban J connectivity index is 4.45. The van der Waals surface area contributed by atoms with E-state index in [1.54, 1.807) is 0 Å². The molecule has 0 spiro atoms. The molecule has 98 valence electrons. The third-order valence-electron chi connectivity index (χ3n) is 2.30. The molecule has 0 radical (unpaired) electrons. The lowest BCUT2D eigenvalue weighted by molar-refractivity contribution is -0.139. The van der Waals surface area contributed by atoms with Crippen LogP contribution in [0.2, 0.25) is 0 Å². The van der Waals surface area contributed by atoms with Gasteiger partial charge in [0.15, 0.2) is 0 Å². The zero-order chi connectivity index (χ0) is 13.4. The molecule has 5 heteroatoms. The van der Waals surface area contributed by atoms with E-state index in [4.69, 9.17) is 5.11 Å². The third kappa shape index (κ3) is 5.94. The average Bonchev–Trinajstić information content (AvgIpc) is 2.24. The molecule has 1 atom stereocenters. The maximum Gasteiger partial charge on any atom is 0.326 e. The number of nitrogens with one attached hydrogen (secondary N) is 1. The van der Waals surface area contributed by atoms with Gasteiger partial charge >= 0.3 is 12.0 Å². The molecule has 0 aliphatic carbocycles. The maximum atomic E-state index is 11.8. The molecular weight excluding hydrogens is 220 g/mol. The molecule has 0 aromatic heterocycles. The van der Waals surface area contributed by atoms with Gasteiger partial charge in [-0.15, -0.1) is 0 Å². The Hall–Kier alpha value is -1.52. The number of carbonyl (C=O) groups is 2. The molecule has 0 aromatic rings. The van der Waals surface area contributed by atoms with Gasteiger partial charge in [0.25, 0.3) is 0 Å². The van der Waals surface area contributed by atoms with Gasteiger partial charge in [0.05, 0.1) is 0 Å². The summed E-state index contributed by atoms with van der Waals surface area (Å²) in [5, 5.41) is 11.5. The van der Waals surface area contributed by atoms with Gasteiger partial charge < -0.3 is 15.3 Å². The number of urea groups is 1. The van der Waals surface area contributed by atoms with E-state index in [0.717, 1.165) is 5.57 Å². The summed E-state index contributed by atoms with van der Waals surface area (Å²) in [6, 6.07) is -1.16. The Bertz CT molecular complexity index is 289. The van der Waals surface area contributed by atoms with Gasteiger partial charge in [-0.3, -0.25) is 0 Å². The van der Waals surface area contributed by atoms with Crippen LogP contribution in [-0.4, -0.2) is 41.1 Å². The molecular formula is C12H22N2O3. The van der Waals surface area contributed by atoms with E-state index in [2.05, 4.69) is 11.9 Å². The predicted octanol–water partition coefficient (Wildman–Crippen LogP) is 1.85. The predicted molar refractivity (Wildman–Crippen MR) is 66.9 cm³/mol. The van der Waals surface area contributed by atoms with Gasteiger partial charge in [0.1, 0.15) is 6.04 Å². The fourth-order valence-corrected chi connectivity index (χ4v) is 1.44. The molecule has 0 rings (SSSR count). The maximum absolute atomic E-state index is 11.8. The molecule has 2 amide bonds. The molecule has 5 nitrogen and oxygen atoms in total. The van der Waals surface area contributed by atoms with Crippen molar-refractivity contribution in [3.05, 3.63) is 12.2 Å². The standard InChI is InChI=1S/C12H22N2O3/c1-5-7-10(11(15)16)13-12(17)14(6-2)8-9(3)4/h10H,3,5-8H2,1-2,4H3,(H,13,17)(H,15,16). The topological polar surface area (TPSA) is 69.6 Å². The van der Waals surface area contributed by atoms with Crippen LogP contribution in [0, 0.1) is 0 Å². The normalized spacial score (nSPS) is 11.7. The molecule has 0 aliphatic heterocycles. The van der Waals surface area contributed by atoms with Crippen LogP contribution in [0.1, 0.15) is 33.6 Å². The highest BCUT2D eigenvalue weighted by Crippen LogP contribution is 2.01. The van der Waals surface area contributed by atoms with E-state index in [9.17, 15) is 9.59 Å². The number of aliphatic carboxylic acids is 1. The largest absolute Gasteiger partial charge is 0.480 e. The summed E-state index contributed by atoms with van der Waals surface area (Å²) in [6.45, 7) is 10.3. The van der Waals surface area contributed by atoms with Gasteiger partial charge in [-0.2, -0.15) is 0 Å². The zero-order valence-electron chi connectivity index (χ0n) is 10.8. The lowest BCUT2D eigenvalue weighted by Crippen LogP contribution is -2.48. The van der Waals surface area contributed by atoms with Crippen molar-refractivity contribution < 1.29 is 14.7 Å². The van der Waals surface area contributed by atoms with Crippen molar-refractivity contribution in [1.82, 2.24) is 10.2 Å². The fourth-order valence-electron chi connectivity index (χ4n) is 1.44. The van der Waals surface area contributed by atoms with Crippen molar-refractivity contribution in [3.8, 4) is 0 Å². The molecule has 0 saturated heterocycles. The number of nitrogens with zero attached hydrogens (tertiary/aromatic N) is 1. The van der Waals surface area contributed by atoms with Crippen molar-refractivity contribution in [3.63, 3.8) is 0 Å². The van der Waals surface area contributed by atoms with Gasteiger partial charge in [-0.1, -0.05) is 25.5 Å². The van der Waals surface area contributed by atoms with E-state index in [0.29, 0.717) is 25.9 Å². The van der Waals surface area contributed by atoms with Crippen LogP contribution < -0.4 is 5.32 Å². The number of likely N-dealkylation sites (N-methyl/N-ethyl adjacent to an activating group) is 1. The number of hydrogen-bond acceptors (Lipinski definition) is 2. The second-order valence-electron chi connectivity index (χ2n) is 4.10. The highest BCUT2D eigenvalue weighted by Gasteiger charge is 2.21. The van der Waals surface area contributed by atoms with Gasteiger partial charge in [0.2, 0.25) is 0 Å².